The molecule has 1 amide bonds. The number of benzene rings is 2. The topological polar surface area (TPSA) is 73.6 Å². The van der Waals surface area contributed by atoms with E-state index in [0.29, 0.717) is 13.2 Å². The van der Waals surface area contributed by atoms with Crippen molar-refractivity contribution >= 4 is 24.0 Å². The molecule has 0 aliphatic carbocycles. The second-order valence-electron chi connectivity index (χ2n) is 6.25. The third-order valence-corrected chi connectivity index (χ3v) is 4.62. The lowest BCUT2D eigenvalue weighted by atomic mass is 9.92. The highest BCUT2D eigenvalue weighted by atomic mass is 35.5. The SMILES string of the molecule is COc1ccccc1-c1cccc(NC(=O)C(N)C2CCOCC2)c1.Cl. The van der Waals surface area contributed by atoms with Gasteiger partial charge in [0, 0.05) is 24.5 Å². The third-order valence-electron chi connectivity index (χ3n) is 4.62. The molecule has 1 saturated heterocycles. The Bertz CT molecular complexity index is 733. The summed E-state index contributed by atoms with van der Waals surface area (Å²) in [6, 6.07) is 15.0. The molecule has 3 rings (SSSR count). The second-order valence-corrected chi connectivity index (χ2v) is 6.25. The predicted molar refractivity (Wildman–Crippen MR) is 106 cm³/mol. The summed E-state index contributed by atoms with van der Waals surface area (Å²) in [4.78, 5) is 12.5. The Morgan fingerprint density at radius 1 is 1.19 bits per heavy atom. The monoisotopic (exact) mass is 376 g/mol. The minimum absolute atomic E-state index is 0. The van der Waals surface area contributed by atoms with Crippen LogP contribution in [0.1, 0.15) is 12.8 Å². The van der Waals surface area contributed by atoms with Gasteiger partial charge in [-0.2, -0.15) is 0 Å². The van der Waals surface area contributed by atoms with Gasteiger partial charge in [0.1, 0.15) is 5.75 Å². The summed E-state index contributed by atoms with van der Waals surface area (Å²) in [5.74, 6) is 0.820. The zero-order valence-electron chi connectivity index (χ0n) is 14.8. The highest BCUT2D eigenvalue weighted by Gasteiger charge is 2.26. The smallest absolute Gasteiger partial charge is 0.241 e. The molecule has 26 heavy (non-hydrogen) atoms. The van der Waals surface area contributed by atoms with Crippen molar-refractivity contribution in [2.45, 2.75) is 18.9 Å². The van der Waals surface area contributed by atoms with Crippen LogP contribution in [0.4, 0.5) is 5.69 Å². The van der Waals surface area contributed by atoms with Gasteiger partial charge in [-0.15, -0.1) is 12.4 Å². The zero-order valence-corrected chi connectivity index (χ0v) is 15.6. The number of methoxy groups -OCH3 is 1. The lowest BCUT2D eigenvalue weighted by Crippen LogP contribution is -2.44. The van der Waals surface area contributed by atoms with Crippen LogP contribution in [0.5, 0.6) is 5.75 Å². The number of amides is 1. The van der Waals surface area contributed by atoms with Crippen LogP contribution in [0.3, 0.4) is 0 Å². The molecule has 1 fully saturated rings. The molecule has 5 nitrogen and oxygen atoms in total. The van der Waals surface area contributed by atoms with Crippen molar-refractivity contribution < 1.29 is 14.3 Å². The molecule has 0 bridgehead atoms. The van der Waals surface area contributed by atoms with Crippen LogP contribution < -0.4 is 15.8 Å². The van der Waals surface area contributed by atoms with Crippen molar-refractivity contribution in [2.24, 2.45) is 11.7 Å². The third kappa shape index (κ3) is 4.75. The number of hydrogen-bond donors (Lipinski definition) is 2. The Balaban J connectivity index is 0.00000243. The second kappa shape index (κ2) is 9.57. The van der Waals surface area contributed by atoms with Gasteiger partial charge in [0.25, 0.3) is 0 Å². The summed E-state index contributed by atoms with van der Waals surface area (Å²) in [6.45, 7) is 1.35. The first-order valence-electron chi connectivity index (χ1n) is 8.56. The van der Waals surface area contributed by atoms with Crippen LogP contribution in [0.2, 0.25) is 0 Å². The molecule has 3 N–H and O–H groups in total. The van der Waals surface area contributed by atoms with Crippen LogP contribution in [0, 0.1) is 5.92 Å². The summed E-state index contributed by atoms with van der Waals surface area (Å²) in [5, 5.41) is 2.94. The van der Waals surface area contributed by atoms with E-state index in [9.17, 15) is 4.79 Å². The van der Waals surface area contributed by atoms with Crippen LogP contribution in [-0.4, -0.2) is 32.3 Å². The maximum Gasteiger partial charge on any atom is 0.241 e. The van der Waals surface area contributed by atoms with Crippen molar-refractivity contribution in [2.75, 3.05) is 25.6 Å². The van der Waals surface area contributed by atoms with Crippen LogP contribution in [0.15, 0.2) is 48.5 Å². The van der Waals surface area contributed by atoms with E-state index in [-0.39, 0.29) is 24.2 Å². The van der Waals surface area contributed by atoms with Gasteiger partial charge in [-0.1, -0.05) is 30.3 Å². The number of carbonyl (C=O) groups is 1. The fourth-order valence-corrected chi connectivity index (χ4v) is 3.16. The molecular formula is C20H25ClN2O3. The minimum atomic E-state index is -0.515. The van der Waals surface area contributed by atoms with Crippen LogP contribution in [-0.2, 0) is 9.53 Å². The molecule has 6 heteroatoms. The van der Waals surface area contributed by atoms with E-state index in [2.05, 4.69) is 5.32 Å². The van der Waals surface area contributed by atoms with Crippen LogP contribution >= 0.6 is 12.4 Å². The van der Waals surface area contributed by atoms with Gasteiger partial charge in [0.05, 0.1) is 13.2 Å². The maximum absolute atomic E-state index is 12.5. The summed E-state index contributed by atoms with van der Waals surface area (Å²) in [6.07, 6.45) is 1.66. The average Bonchev–Trinajstić information content (AvgIpc) is 2.68. The maximum atomic E-state index is 12.5. The number of nitrogens with two attached hydrogens (primary N) is 1. The van der Waals surface area contributed by atoms with E-state index in [1.165, 1.54) is 0 Å². The standard InChI is InChI=1S/C20H24N2O3.ClH/c1-24-18-8-3-2-7-17(18)15-5-4-6-16(13-15)22-20(23)19(21)14-9-11-25-12-10-14;/h2-8,13-14,19H,9-12,21H2,1H3,(H,22,23);1H. The molecule has 1 atom stereocenters. The Morgan fingerprint density at radius 3 is 2.65 bits per heavy atom. The van der Waals surface area contributed by atoms with Gasteiger partial charge in [0.15, 0.2) is 0 Å². The van der Waals surface area contributed by atoms with Gasteiger partial charge in [-0.3, -0.25) is 4.79 Å². The van der Waals surface area contributed by atoms with Crippen molar-refractivity contribution in [3.63, 3.8) is 0 Å². The normalized spacial score (nSPS) is 15.6. The summed E-state index contributed by atoms with van der Waals surface area (Å²) >= 11 is 0. The lowest BCUT2D eigenvalue weighted by molar-refractivity contribution is -0.119. The number of nitrogens with one attached hydrogen (secondary N) is 1. The Hall–Kier alpha value is -2.08. The Labute approximate surface area is 160 Å². The number of para-hydroxylation sites is 1. The fourth-order valence-electron chi connectivity index (χ4n) is 3.16. The molecule has 0 aromatic heterocycles. The molecule has 0 spiro atoms. The predicted octanol–water partition coefficient (Wildman–Crippen LogP) is 3.48. The lowest BCUT2D eigenvalue weighted by Gasteiger charge is -2.26. The van der Waals surface area contributed by atoms with E-state index >= 15 is 0 Å². The molecule has 1 heterocycles. The van der Waals surface area contributed by atoms with E-state index in [1.54, 1.807) is 7.11 Å². The number of ether oxygens (including phenoxy) is 2. The quantitative estimate of drug-likeness (QED) is 0.837. The van der Waals surface area contributed by atoms with Gasteiger partial charge >= 0.3 is 0 Å². The van der Waals surface area contributed by atoms with E-state index in [0.717, 1.165) is 35.4 Å². The number of rotatable bonds is 5. The summed E-state index contributed by atoms with van der Waals surface area (Å²) in [7, 11) is 1.65. The summed E-state index contributed by atoms with van der Waals surface area (Å²) < 4.78 is 10.8. The first-order chi connectivity index (χ1) is 12.2. The molecule has 1 unspecified atom stereocenters. The minimum Gasteiger partial charge on any atom is -0.496 e. The van der Waals surface area contributed by atoms with Gasteiger partial charge in [-0.05, 0) is 42.5 Å². The highest BCUT2D eigenvalue weighted by molar-refractivity contribution is 5.95. The molecule has 0 saturated carbocycles. The molecular weight excluding hydrogens is 352 g/mol. The van der Waals surface area contributed by atoms with Crippen LogP contribution in [0.25, 0.3) is 11.1 Å². The van der Waals surface area contributed by atoms with E-state index in [1.807, 2.05) is 48.5 Å². The first kappa shape index (κ1) is 20.2. The number of halogens is 1. The van der Waals surface area contributed by atoms with E-state index in [4.69, 9.17) is 15.2 Å². The Kier molecular flexibility index (Phi) is 7.45. The fraction of sp³-hybridized carbons (Fsp3) is 0.350. The molecule has 2 aromatic rings. The van der Waals surface area contributed by atoms with Gasteiger partial charge < -0.3 is 20.5 Å². The molecule has 0 radical (unpaired) electrons. The van der Waals surface area contributed by atoms with Crippen molar-refractivity contribution in [3.8, 4) is 16.9 Å². The number of hydrogen-bond acceptors (Lipinski definition) is 4. The summed E-state index contributed by atoms with van der Waals surface area (Å²) in [5.41, 5.74) is 8.84. The zero-order chi connectivity index (χ0) is 17.6. The van der Waals surface area contributed by atoms with Gasteiger partial charge in [0.2, 0.25) is 5.91 Å². The van der Waals surface area contributed by atoms with Crippen molar-refractivity contribution in [3.05, 3.63) is 48.5 Å². The number of carbonyl (C=O) groups excluding carboxylic acids is 1. The van der Waals surface area contributed by atoms with Crippen molar-refractivity contribution in [1.82, 2.24) is 0 Å². The number of anilines is 1. The highest BCUT2D eigenvalue weighted by Crippen LogP contribution is 2.31. The molecule has 140 valence electrons. The van der Waals surface area contributed by atoms with Gasteiger partial charge in [-0.25, -0.2) is 0 Å². The first-order valence-corrected chi connectivity index (χ1v) is 8.56. The molecule has 2 aromatic carbocycles. The Morgan fingerprint density at radius 2 is 1.92 bits per heavy atom. The molecule has 1 aliphatic rings. The van der Waals surface area contributed by atoms with E-state index < -0.39 is 6.04 Å². The largest absolute Gasteiger partial charge is 0.496 e. The average molecular weight is 377 g/mol. The van der Waals surface area contributed by atoms with Crippen molar-refractivity contribution in [1.29, 1.82) is 0 Å². The molecule has 1 aliphatic heterocycles.